The molecule has 5 aromatic rings. The summed E-state index contributed by atoms with van der Waals surface area (Å²) in [6.45, 7) is 21.9. The van der Waals surface area contributed by atoms with E-state index in [0.29, 0.717) is 32.8 Å². The fraction of sp³-hybridized carbons (Fsp3) is 0.0625. The zero-order valence-corrected chi connectivity index (χ0v) is 22.0. The fourth-order valence-corrected chi connectivity index (χ4v) is 5.14. The molecule has 0 spiro atoms. The van der Waals surface area contributed by atoms with Gasteiger partial charge in [-0.3, -0.25) is 9.59 Å². The van der Waals surface area contributed by atoms with Gasteiger partial charge in [0.05, 0.1) is 65.6 Å². The summed E-state index contributed by atoms with van der Waals surface area (Å²) in [5, 5.41) is 29.3. The van der Waals surface area contributed by atoms with Crippen molar-refractivity contribution in [3.8, 4) is 18.2 Å². The largest absolute Gasteiger partial charge is 0.343 e. The maximum absolute atomic E-state index is 13.8. The number of allylic oxidation sites excluding steroid dienone is 3. The minimum absolute atomic E-state index is 0.127. The number of pyridine rings is 2. The summed E-state index contributed by atoms with van der Waals surface area (Å²) in [5.41, 5.74) is 0.853. The van der Waals surface area contributed by atoms with Crippen molar-refractivity contribution in [1.29, 1.82) is 15.8 Å². The van der Waals surface area contributed by atoms with E-state index in [1.165, 1.54) is 12.1 Å². The summed E-state index contributed by atoms with van der Waals surface area (Å²) in [7, 11) is 3.48. The molecule has 10 nitrogen and oxygen atoms in total. The number of benzene rings is 3. The third kappa shape index (κ3) is 3.75. The fourth-order valence-electron chi connectivity index (χ4n) is 5.14. The van der Waals surface area contributed by atoms with Crippen LogP contribution < -0.4 is 10.9 Å². The van der Waals surface area contributed by atoms with E-state index < -0.39 is 0 Å². The van der Waals surface area contributed by atoms with E-state index in [9.17, 15) is 25.4 Å². The Hall–Kier alpha value is -6.98. The van der Waals surface area contributed by atoms with Crippen LogP contribution in [-0.4, -0.2) is 9.13 Å². The third-order valence-corrected chi connectivity index (χ3v) is 7.21. The van der Waals surface area contributed by atoms with E-state index in [0.717, 1.165) is 0 Å². The second kappa shape index (κ2) is 9.96. The lowest BCUT2D eigenvalue weighted by molar-refractivity contribution is 0.993. The summed E-state index contributed by atoms with van der Waals surface area (Å²) in [6, 6.07) is 18.0. The predicted octanol–water partition coefficient (Wildman–Crippen LogP) is 5.41. The molecule has 0 atom stereocenters. The van der Waals surface area contributed by atoms with Gasteiger partial charge in [-0.05, 0) is 41.5 Å². The van der Waals surface area contributed by atoms with Gasteiger partial charge in [0.15, 0.2) is 10.9 Å². The molecule has 0 aliphatic heterocycles. The van der Waals surface area contributed by atoms with Crippen LogP contribution in [0.3, 0.4) is 0 Å². The van der Waals surface area contributed by atoms with Crippen molar-refractivity contribution in [2.24, 2.45) is 14.1 Å². The van der Waals surface area contributed by atoms with Crippen molar-refractivity contribution >= 4 is 54.9 Å². The Morgan fingerprint density at radius 2 is 1.07 bits per heavy atom. The summed E-state index contributed by atoms with van der Waals surface area (Å²) < 4.78 is 3.50. The highest BCUT2D eigenvalue weighted by Crippen LogP contribution is 2.29. The predicted molar refractivity (Wildman–Crippen MR) is 157 cm³/mol. The van der Waals surface area contributed by atoms with Crippen LogP contribution in [0.15, 0.2) is 69.5 Å². The minimum Gasteiger partial charge on any atom is -0.343 e. The maximum Gasteiger partial charge on any atom is 0.279 e. The van der Waals surface area contributed by atoms with Gasteiger partial charge in [-0.1, -0.05) is 18.2 Å². The quantitative estimate of drug-likeness (QED) is 0.167. The molecule has 194 valence electrons. The highest BCUT2D eigenvalue weighted by atomic mass is 16.1. The highest BCUT2D eigenvalue weighted by molar-refractivity contribution is 6.04. The van der Waals surface area contributed by atoms with Crippen molar-refractivity contribution in [2.45, 2.75) is 0 Å². The monoisotopic (exact) mass is 542 g/mol. The molecular formula is C32H14N8O2. The van der Waals surface area contributed by atoms with Crippen molar-refractivity contribution < 1.29 is 0 Å². The van der Waals surface area contributed by atoms with Crippen molar-refractivity contribution in [2.75, 3.05) is 0 Å². The van der Waals surface area contributed by atoms with Gasteiger partial charge in [0.2, 0.25) is 5.70 Å². The number of nitrogens with zero attached hydrogens (tertiary/aromatic N) is 8. The number of aryl methyl sites for hydroxylation is 2. The molecule has 42 heavy (non-hydrogen) atoms. The number of hydrogen-bond donors (Lipinski definition) is 0. The van der Waals surface area contributed by atoms with Crippen LogP contribution >= 0.6 is 0 Å². The average molecular weight is 543 g/mol. The molecule has 2 heterocycles. The van der Waals surface area contributed by atoms with E-state index in [1.807, 2.05) is 6.07 Å². The molecule has 3 aromatic carbocycles. The van der Waals surface area contributed by atoms with Crippen molar-refractivity contribution in [1.82, 2.24) is 9.13 Å². The van der Waals surface area contributed by atoms with Crippen LogP contribution in [0.4, 0.5) is 0 Å². The van der Waals surface area contributed by atoms with Crippen LogP contribution in [0, 0.1) is 53.7 Å². The number of nitriles is 3. The molecule has 0 unspecified atom stereocenters. The van der Waals surface area contributed by atoms with Gasteiger partial charge in [-0.2, -0.15) is 5.26 Å². The van der Waals surface area contributed by atoms with Crippen LogP contribution in [0.1, 0.15) is 11.1 Å². The Kier molecular flexibility index (Phi) is 6.31. The molecule has 0 aliphatic carbocycles. The molecule has 0 fully saturated rings. The minimum atomic E-state index is -0.373. The van der Waals surface area contributed by atoms with Crippen LogP contribution in [0.5, 0.6) is 0 Å². The van der Waals surface area contributed by atoms with E-state index in [1.54, 1.807) is 71.8 Å². The Morgan fingerprint density at radius 3 is 1.50 bits per heavy atom. The first kappa shape index (κ1) is 26.6. The molecule has 10 heteroatoms. The average Bonchev–Trinajstić information content (AvgIpc) is 3.02. The number of fused-ring (bicyclic) bond motifs is 4. The van der Waals surface area contributed by atoms with Gasteiger partial charge in [0.25, 0.3) is 11.4 Å². The summed E-state index contributed by atoms with van der Waals surface area (Å²) >= 11 is 0. The van der Waals surface area contributed by atoms with Gasteiger partial charge < -0.3 is 9.13 Å². The smallest absolute Gasteiger partial charge is 0.279 e. The molecular weight excluding hydrogens is 528 g/mol. The van der Waals surface area contributed by atoms with Gasteiger partial charge in [-0.25, -0.2) is 25.1 Å². The number of hydrogen-bond acceptors (Lipinski definition) is 5. The van der Waals surface area contributed by atoms with E-state index in [2.05, 4.69) is 14.5 Å². The molecule has 5 rings (SSSR count). The summed E-state index contributed by atoms with van der Waals surface area (Å²) in [6.07, 6.45) is 0. The molecule has 0 bridgehead atoms. The second-order valence-corrected chi connectivity index (χ2v) is 9.22. The maximum atomic E-state index is 13.8. The lowest BCUT2D eigenvalue weighted by Gasteiger charge is -2.15. The topological polar surface area (TPSA) is 128 Å². The first-order chi connectivity index (χ1) is 20.2. The van der Waals surface area contributed by atoms with Gasteiger partial charge in [0.1, 0.15) is 0 Å². The molecule has 0 amide bonds. The number of aromatic nitrogens is 2. The van der Waals surface area contributed by atoms with Crippen LogP contribution in [-0.2, 0) is 14.1 Å². The van der Waals surface area contributed by atoms with Crippen molar-refractivity contribution in [3.63, 3.8) is 0 Å². The highest BCUT2D eigenvalue weighted by Gasteiger charge is 2.18. The first-order valence-electron chi connectivity index (χ1n) is 12.1. The van der Waals surface area contributed by atoms with Crippen molar-refractivity contribution in [3.05, 3.63) is 126 Å². The summed E-state index contributed by atoms with van der Waals surface area (Å²) in [4.78, 5) is 37.2. The SMILES string of the molecule is [C-]#[N+]/C(C#N)=C(\[N+]#[C-])c1ccc2c(c1)c(=O)c1cc3c(cc1n2C)c(=O)c1cc(/C(C#N)=C(/C#N)[N+]#[C-])ccc1n3C. The van der Waals surface area contributed by atoms with Gasteiger partial charge >= 0.3 is 0 Å². The van der Waals surface area contributed by atoms with E-state index in [-0.39, 0.29) is 55.4 Å². The molecule has 0 N–H and O–H groups in total. The van der Waals surface area contributed by atoms with Crippen LogP contribution in [0.25, 0.3) is 69.4 Å². The summed E-state index contributed by atoms with van der Waals surface area (Å²) in [5.74, 6) is 0. The Morgan fingerprint density at radius 1 is 0.619 bits per heavy atom. The van der Waals surface area contributed by atoms with Gasteiger partial charge in [-0.15, -0.1) is 0 Å². The van der Waals surface area contributed by atoms with Crippen LogP contribution in [0.2, 0.25) is 0 Å². The standard InChI is InChI=1S/C32H14N8O2/c1-36-24(15-34)23(14-33)17-6-8-26-19(10-17)31(41)21-12-29-22(13-28(21)39(26)4)32(42)20-11-18(7-9-27(20)40(29)5)30(38-3)25(16-35)37-2/h6-13H,4-5H3/b24-23-,30-25-. The van der Waals surface area contributed by atoms with E-state index in [4.69, 9.17) is 19.7 Å². The number of rotatable bonds is 2. The molecule has 0 saturated carbocycles. The molecule has 0 radical (unpaired) electrons. The molecule has 0 saturated heterocycles. The van der Waals surface area contributed by atoms with Gasteiger partial charge in [0, 0.05) is 35.6 Å². The normalized spacial score (nSPS) is 11.9. The Bertz CT molecular complexity index is 2330. The lowest BCUT2D eigenvalue weighted by atomic mass is 9.99. The second-order valence-electron chi connectivity index (χ2n) is 9.22. The third-order valence-electron chi connectivity index (χ3n) is 7.21. The Labute approximate surface area is 237 Å². The zero-order chi connectivity index (χ0) is 30.3. The Balaban J connectivity index is 1.88. The first-order valence-corrected chi connectivity index (χ1v) is 12.1. The lowest BCUT2D eigenvalue weighted by Crippen LogP contribution is -2.13. The molecule has 0 aliphatic rings. The molecule has 2 aromatic heterocycles. The van der Waals surface area contributed by atoms with E-state index >= 15 is 0 Å². The zero-order valence-electron chi connectivity index (χ0n) is 22.0.